The Labute approximate surface area is 204 Å². The fourth-order valence-corrected chi connectivity index (χ4v) is 6.24. The zero-order valence-corrected chi connectivity index (χ0v) is 20.8. The summed E-state index contributed by atoms with van der Waals surface area (Å²) in [6.45, 7) is 2.71. The number of benzene rings is 1. The molecular weight excluding hydrogens is 446 g/mol. The van der Waals surface area contributed by atoms with E-state index in [2.05, 4.69) is 5.32 Å². The fraction of sp³-hybridized carbons (Fsp3) is 0.481. The third kappa shape index (κ3) is 4.22. The van der Waals surface area contributed by atoms with Gasteiger partial charge in [0.15, 0.2) is 0 Å². The number of hydrogen-bond donors (Lipinski definition) is 1. The lowest BCUT2D eigenvalue weighted by molar-refractivity contribution is -0.134. The average molecular weight is 480 g/mol. The van der Waals surface area contributed by atoms with E-state index in [9.17, 15) is 9.59 Å². The fourth-order valence-electron chi connectivity index (χ4n) is 5.42. The van der Waals surface area contributed by atoms with Crippen molar-refractivity contribution in [3.63, 3.8) is 0 Å². The summed E-state index contributed by atoms with van der Waals surface area (Å²) in [4.78, 5) is 29.5. The monoisotopic (exact) mass is 479 g/mol. The van der Waals surface area contributed by atoms with Crippen molar-refractivity contribution in [3.8, 4) is 5.75 Å². The Morgan fingerprint density at radius 1 is 1.15 bits per heavy atom. The van der Waals surface area contributed by atoms with Crippen molar-refractivity contribution in [3.05, 3.63) is 53.0 Å². The molecule has 1 aliphatic carbocycles. The Kier molecular flexibility index (Phi) is 6.38. The summed E-state index contributed by atoms with van der Waals surface area (Å²) in [5.41, 5.74) is 1.63. The zero-order chi connectivity index (χ0) is 23.7. The summed E-state index contributed by atoms with van der Waals surface area (Å²) in [6, 6.07) is 11.9. The van der Waals surface area contributed by atoms with Crippen LogP contribution in [0.25, 0.3) is 10.2 Å². The molecule has 5 rings (SSSR count). The maximum absolute atomic E-state index is 13.9. The number of carbonyl (C=O) groups excluding carboxylic acids is 2. The molecular formula is C27H33N3O3S. The van der Waals surface area contributed by atoms with Crippen molar-refractivity contribution in [2.24, 2.45) is 0 Å². The average Bonchev–Trinajstić information content (AvgIpc) is 3.41. The van der Waals surface area contributed by atoms with Crippen LogP contribution in [0.4, 0.5) is 0 Å². The molecule has 7 heteroatoms. The van der Waals surface area contributed by atoms with Crippen molar-refractivity contribution in [1.29, 1.82) is 0 Å². The Morgan fingerprint density at radius 2 is 1.91 bits per heavy atom. The minimum absolute atomic E-state index is 0.0583. The number of carbonyl (C=O) groups is 2. The molecule has 1 aliphatic heterocycles. The van der Waals surface area contributed by atoms with Crippen molar-refractivity contribution in [2.75, 3.05) is 7.11 Å². The number of thiophene rings is 1. The van der Waals surface area contributed by atoms with E-state index in [4.69, 9.17) is 4.74 Å². The quantitative estimate of drug-likeness (QED) is 0.536. The molecule has 0 spiro atoms. The molecule has 3 heterocycles. The number of nitrogens with one attached hydrogen (secondary N) is 1. The number of rotatable bonds is 5. The molecule has 34 heavy (non-hydrogen) atoms. The van der Waals surface area contributed by atoms with E-state index in [1.54, 1.807) is 23.3 Å². The van der Waals surface area contributed by atoms with E-state index >= 15 is 0 Å². The maximum Gasteiger partial charge on any atom is 0.271 e. The minimum Gasteiger partial charge on any atom is -0.497 e. The van der Waals surface area contributed by atoms with Gasteiger partial charge in [0, 0.05) is 12.6 Å². The van der Waals surface area contributed by atoms with Crippen LogP contribution in [0.2, 0.25) is 0 Å². The number of aromatic nitrogens is 1. The molecule has 1 atom stereocenters. The summed E-state index contributed by atoms with van der Waals surface area (Å²) in [5.74, 6) is 0.580. The Balaban J connectivity index is 1.49. The van der Waals surface area contributed by atoms with Crippen LogP contribution in [-0.2, 0) is 17.9 Å². The molecule has 180 valence electrons. The van der Waals surface area contributed by atoms with Gasteiger partial charge in [0.2, 0.25) is 5.91 Å². The van der Waals surface area contributed by atoms with Gasteiger partial charge in [-0.1, -0.05) is 44.2 Å². The third-order valence-electron chi connectivity index (χ3n) is 7.45. The Bertz CT molecular complexity index is 1190. The smallest absolute Gasteiger partial charge is 0.271 e. The summed E-state index contributed by atoms with van der Waals surface area (Å²) in [5, 5.41) is 5.39. The van der Waals surface area contributed by atoms with Gasteiger partial charge >= 0.3 is 0 Å². The van der Waals surface area contributed by atoms with Crippen LogP contribution in [0.3, 0.4) is 0 Å². The second-order valence-electron chi connectivity index (χ2n) is 9.82. The molecule has 0 radical (unpaired) electrons. The molecule has 2 aliphatic rings. The zero-order valence-electron chi connectivity index (χ0n) is 20.0. The number of methoxy groups -OCH3 is 1. The highest BCUT2D eigenvalue weighted by atomic mass is 32.1. The first-order valence-corrected chi connectivity index (χ1v) is 13.2. The molecule has 1 aromatic carbocycles. The molecule has 3 aromatic rings. The van der Waals surface area contributed by atoms with Crippen LogP contribution in [0, 0.1) is 0 Å². The number of amides is 2. The number of fused-ring (bicyclic) bond motifs is 3. The first-order chi connectivity index (χ1) is 16.5. The number of hydrogen-bond acceptors (Lipinski definition) is 4. The SMILES string of the molecule is COc1cccc(CN2C(=O)c3cc4sccc4n3C[C@]2(C)C(=O)NC2CCCCCCC2)c1. The van der Waals surface area contributed by atoms with Crippen LogP contribution >= 0.6 is 11.3 Å². The maximum atomic E-state index is 13.9. The van der Waals surface area contributed by atoms with Crippen molar-refractivity contribution in [2.45, 2.75) is 76.5 Å². The van der Waals surface area contributed by atoms with Crippen LogP contribution in [0.15, 0.2) is 41.8 Å². The van der Waals surface area contributed by atoms with Crippen molar-refractivity contribution in [1.82, 2.24) is 14.8 Å². The van der Waals surface area contributed by atoms with E-state index in [-0.39, 0.29) is 17.9 Å². The van der Waals surface area contributed by atoms with Crippen molar-refractivity contribution < 1.29 is 14.3 Å². The van der Waals surface area contributed by atoms with Gasteiger partial charge in [-0.3, -0.25) is 9.59 Å². The largest absolute Gasteiger partial charge is 0.497 e. The normalized spacial score (nSPS) is 21.7. The van der Waals surface area contributed by atoms with Gasteiger partial charge in [0.25, 0.3) is 5.91 Å². The van der Waals surface area contributed by atoms with E-state index in [1.165, 1.54) is 19.3 Å². The minimum atomic E-state index is -0.997. The first-order valence-electron chi connectivity index (χ1n) is 12.3. The van der Waals surface area contributed by atoms with Gasteiger partial charge in [-0.25, -0.2) is 0 Å². The molecule has 0 bridgehead atoms. The van der Waals surface area contributed by atoms with E-state index < -0.39 is 5.54 Å². The summed E-state index contributed by atoms with van der Waals surface area (Å²) in [7, 11) is 1.64. The van der Waals surface area contributed by atoms with E-state index in [0.717, 1.165) is 47.2 Å². The molecule has 6 nitrogen and oxygen atoms in total. The van der Waals surface area contributed by atoms with Gasteiger partial charge in [-0.15, -0.1) is 11.3 Å². The predicted molar refractivity (Wildman–Crippen MR) is 135 cm³/mol. The van der Waals surface area contributed by atoms with Crippen LogP contribution in [-0.4, -0.2) is 40.0 Å². The topological polar surface area (TPSA) is 63.6 Å². The highest BCUT2D eigenvalue weighted by Gasteiger charge is 2.48. The van der Waals surface area contributed by atoms with Crippen LogP contribution < -0.4 is 10.1 Å². The molecule has 2 amide bonds. The lowest BCUT2D eigenvalue weighted by Gasteiger charge is -2.44. The van der Waals surface area contributed by atoms with Crippen molar-refractivity contribution >= 4 is 33.4 Å². The Morgan fingerprint density at radius 3 is 2.68 bits per heavy atom. The summed E-state index contributed by atoms with van der Waals surface area (Å²) < 4.78 is 8.51. The van der Waals surface area contributed by atoms with E-state index in [1.807, 2.05) is 53.3 Å². The lowest BCUT2D eigenvalue weighted by Crippen LogP contribution is -2.64. The summed E-state index contributed by atoms with van der Waals surface area (Å²) in [6.07, 6.45) is 8.05. The predicted octanol–water partition coefficient (Wildman–Crippen LogP) is 5.36. The van der Waals surface area contributed by atoms with Gasteiger partial charge in [0.1, 0.15) is 17.0 Å². The molecule has 1 saturated carbocycles. The van der Waals surface area contributed by atoms with E-state index in [0.29, 0.717) is 18.8 Å². The highest BCUT2D eigenvalue weighted by Crippen LogP contribution is 2.35. The van der Waals surface area contributed by atoms with Gasteiger partial charge in [-0.05, 0) is 55.0 Å². The van der Waals surface area contributed by atoms with Gasteiger partial charge in [-0.2, -0.15) is 0 Å². The highest BCUT2D eigenvalue weighted by molar-refractivity contribution is 7.17. The molecule has 0 unspecified atom stereocenters. The Hall–Kier alpha value is -2.80. The number of ether oxygens (including phenoxy) is 1. The molecule has 0 saturated heterocycles. The lowest BCUT2D eigenvalue weighted by atomic mass is 9.91. The second kappa shape index (κ2) is 9.45. The second-order valence-corrected chi connectivity index (χ2v) is 10.8. The van der Waals surface area contributed by atoms with Crippen LogP contribution in [0.1, 0.15) is 67.9 Å². The van der Waals surface area contributed by atoms with Gasteiger partial charge in [0.05, 0.1) is 23.9 Å². The number of nitrogens with zero attached hydrogens (tertiary/aromatic N) is 2. The third-order valence-corrected chi connectivity index (χ3v) is 8.31. The molecule has 2 aromatic heterocycles. The van der Waals surface area contributed by atoms with Crippen LogP contribution in [0.5, 0.6) is 5.75 Å². The summed E-state index contributed by atoms with van der Waals surface area (Å²) >= 11 is 1.63. The molecule has 1 N–H and O–H groups in total. The van der Waals surface area contributed by atoms with Gasteiger partial charge < -0.3 is 19.5 Å². The standard InChI is InChI=1S/C27H33N3O3S/c1-27(26(32)28-20-10-6-4-3-5-7-11-20)18-29-22-13-14-34-24(22)16-23(29)25(31)30(27)17-19-9-8-12-21(15-19)33-2/h8-9,12-16,20H,3-7,10-11,17-18H2,1-2H3,(H,28,32)/t27-/m1/s1. The first kappa shape index (κ1) is 23.0. The molecule has 1 fully saturated rings.